The van der Waals surface area contributed by atoms with Crippen LogP contribution in [0, 0.1) is 5.92 Å². The van der Waals surface area contributed by atoms with Crippen molar-refractivity contribution >= 4 is 0 Å². The maximum atomic E-state index is 2.42. The first-order chi connectivity index (χ1) is 5.16. The van der Waals surface area contributed by atoms with E-state index >= 15 is 0 Å². The summed E-state index contributed by atoms with van der Waals surface area (Å²) in [4.78, 5) is 0. The summed E-state index contributed by atoms with van der Waals surface area (Å²) in [5.41, 5.74) is 0. The number of hydrogen-bond acceptors (Lipinski definition) is 0. The van der Waals surface area contributed by atoms with Crippen molar-refractivity contribution in [3.63, 3.8) is 0 Å². The molecule has 0 aromatic heterocycles. The number of rotatable bonds is 3. The number of hydrogen-bond donors (Lipinski definition) is 0. The van der Waals surface area contributed by atoms with Crippen molar-refractivity contribution in [3.8, 4) is 0 Å². The van der Waals surface area contributed by atoms with Crippen LogP contribution in [-0.4, -0.2) is 31.2 Å². The molecule has 11 heavy (non-hydrogen) atoms. The van der Waals surface area contributed by atoms with Crippen LogP contribution in [0.3, 0.4) is 0 Å². The molecule has 1 heteroatoms. The molecular weight excluding hydrogens is 134 g/mol. The summed E-state index contributed by atoms with van der Waals surface area (Å²) >= 11 is 0. The standard InChI is InChI=1S/C10H22N/c1-4-5-7-11(3)8-6-10(2)9-11/h10H,4-9H2,1-3H3/q+1. The molecule has 1 saturated heterocycles. The Labute approximate surface area is 71.0 Å². The minimum Gasteiger partial charge on any atom is -0.326 e. The second-order valence-electron chi connectivity index (χ2n) is 4.50. The van der Waals surface area contributed by atoms with Gasteiger partial charge >= 0.3 is 0 Å². The van der Waals surface area contributed by atoms with Crippen LogP contribution in [0.15, 0.2) is 0 Å². The lowest BCUT2D eigenvalue weighted by Crippen LogP contribution is -2.42. The Morgan fingerprint density at radius 3 is 2.64 bits per heavy atom. The molecule has 0 aromatic rings. The smallest absolute Gasteiger partial charge is 0.0812 e. The molecule has 2 unspecified atom stereocenters. The topological polar surface area (TPSA) is 0 Å². The number of unbranched alkanes of at least 4 members (excludes halogenated alkanes) is 1. The van der Waals surface area contributed by atoms with E-state index in [9.17, 15) is 0 Å². The van der Waals surface area contributed by atoms with E-state index in [4.69, 9.17) is 0 Å². The number of nitrogens with zero attached hydrogens (tertiary/aromatic N) is 1. The van der Waals surface area contributed by atoms with E-state index in [1.54, 1.807) is 0 Å². The molecule has 0 radical (unpaired) electrons. The summed E-state index contributed by atoms with van der Waals surface area (Å²) in [5.74, 6) is 0.969. The van der Waals surface area contributed by atoms with Crippen LogP contribution in [-0.2, 0) is 0 Å². The van der Waals surface area contributed by atoms with Crippen molar-refractivity contribution in [3.05, 3.63) is 0 Å². The van der Waals surface area contributed by atoms with Gasteiger partial charge in [0.15, 0.2) is 0 Å². The predicted molar refractivity (Wildman–Crippen MR) is 49.5 cm³/mol. The number of likely N-dealkylation sites (tertiary alicyclic amines) is 1. The van der Waals surface area contributed by atoms with Crippen LogP contribution >= 0.6 is 0 Å². The first kappa shape index (κ1) is 9.05. The summed E-state index contributed by atoms with van der Waals surface area (Å²) in [5, 5.41) is 0. The third-order valence-corrected chi connectivity index (χ3v) is 2.97. The Hall–Kier alpha value is -0.0400. The zero-order valence-electron chi connectivity index (χ0n) is 8.27. The van der Waals surface area contributed by atoms with Crippen molar-refractivity contribution in [2.75, 3.05) is 26.7 Å². The molecule has 0 aliphatic carbocycles. The van der Waals surface area contributed by atoms with Crippen molar-refractivity contribution in [2.45, 2.75) is 33.1 Å². The van der Waals surface area contributed by atoms with E-state index in [0.717, 1.165) is 5.92 Å². The van der Waals surface area contributed by atoms with Gasteiger partial charge in [-0.2, -0.15) is 0 Å². The van der Waals surface area contributed by atoms with Crippen molar-refractivity contribution in [1.82, 2.24) is 0 Å². The fourth-order valence-electron chi connectivity index (χ4n) is 2.21. The van der Waals surface area contributed by atoms with Crippen LogP contribution in [0.25, 0.3) is 0 Å². The summed E-state index contributed by atoms with van der Waals surface area (Å²) in [6.07, 6.45) is 4.20. The maximum absolute atomic E-state index is 2.42. The molecule has 2 atom stereocenters. The van der Waals surface area contributed by atoms with Crippen LogP contribution in [0.4, 0.5) is 0 Å². The molecule has 0 saturated carbocycles. The van der Waals surface area contributed by atoms with Gasteiger partial charge in [-0.15, -0.1) is 0 Å². The highest BCUT2D eigenvalue weighted by Crippen LogP contribution is 2.22. The average Bonchev–Trinajstić information content (AvgIpc) is 2.28. The van der Waals surface area contributed by atoms with Gasteiger partial charge < -0.3 is 4.48 Å². The fraction of sp³-hybridized carbons (Fsp3) is 1.00. The van der Waals surface area contributed by atoms with Gasteiger partial charge in [-0.3, -0.25) is 0 Å². The lowest BCUT2D eigenvalue weighted by Gasteiger charge is -2.29. The van der Waals surface area contributed by atoms with Gasteiger partial charge in [-0.1, -0.05) is 20.3 Å². The molecule has 66 valence electrons. The van der Waals surface area contributed by atoms with E-state index in [1.165, 1.54) is 43.4 Å². The normalized spacial score (nSPS) is 37.9. The van der Waals surface area contributed by atoms with Crippen LogP contribution in [0.2, 0.25) is 0 Å². The molecule has 1 aliphatic rings. The minimum atomic E-state index is 0.969. The predicted octanol–water partition coefficient (Wildman–Crippen LogP) is 2.27. The highest BCUT2D eigenvalue weighted by molar-refractivity contribution is 4.60. The lowest BCUT2D eigenvalue weighted by atomic mass is 10.2. The Morgan fingerprint density at radius 1 is 1.45 bits per heavy atom. The van der Waals surface area contributed by atoms with Crippen LogP contribution in [0.5, 0.6) is 0 Å². The Kier molecular flexibility index (Phi) is 2.94. The van der Waals surface area contributed by atoms with E-state index in [1.807, 2.05) is 0 Å². The zero-order chi connectivity index (χ0) is 8.32. The minimum absolute atomic E-state index is 0.969. The Morgan fingerprint density at radius 2 is 2.18 bits per heavy atom. The van der Waals surface area contributed by atoms with Gasteiger partial charge in [0, 0.05) is 12.3 Å². The molecule has 0 aromatic carbocycles. The second kappa shape index (κ2) is 3.57. The monoisotopic (exact) mass is 156 g/mol. The first-order valence-corrected chi connectivity index (χ1v) is 5.00. The second-order valence-corrected chi connectivity index (χ2v) is 4.50. The Bertz CT molecular complexity index is 122. The van der Waals surface area contributed by atoms with Crippen molar-refractivity contribution < 1.29 is 4.48 Å². The third kappa shape index (κ3) is 2.48. The molecule has 0 amide bonds. The van der Waals surface area contributed by atoms with Gasteiger partial charge in [0.25, 0.3) is 0 Å². The largest absolute Gasteiger partial charge is 0.326 e. The van der Waals surface area contributed by atoms with Gasteiger partial charge in [-0.05, 0) is 6.42 Å². The molecule has 1 rings (SSSR count). The van der Waals surface area contributed by atoms with E-state index in [2.05, 4.69) is 20.9 Å². The highest BCUT2D eigenvalue weighted by Gasteiger charge is 2.30. The van der Waals surface area contributed by atoms with Gasteiger partial charge in [-0.25, -0.2) is 0 Å². The molecule has 1 heterocycles. The van der Waals surface area contributed by atoms with Crippen LogP contribution < -0.4 is 0 Å². The molecule has 0 bridgehead atoms. The molecule has 0 spiro atoms. The molecular formula is C10H22N+. The molecule has 1 aliphatic heterocycles. The van der Waals surface area contributed by atoms with Crippen molar-refractivity contribution in [2.24, 2.45) is 5.92 Å². The summed E-state index contributed by atoms with van der Waals surface area (Å²) in [6.45, 7) is 8.91. The summed E-state index contributed by atoms with van der Waals surface area (Å²) in [7, 11) is 2.42. The molecule has 1 fully saturated rings. The lowest BCUT2D eigenvalue weighted by molar-refractivity contribution is -0.899. The SMILES string of the molecule is CCCC[N+]1(C)CCC(C)C1. The van der Waals surface area contributed by atoms with Crippen LogP contribution in [0.1, 0.15) is 33.1 Å². The quantitative estimate of drug-likeness (QED) is 0.550. The van der Waals surface area contributed by atoms with Gasteiger partial charge in [0.05, 0.1) is 26.7 Å². The van der Waals surface area contributed by atoms with Gasteiger partial charge in [0.1, 0.15) is 0 Å². The van der Waals surface area contributed by atoms with Gasteiger partial charge in [0.2, 0.25) is 0 Å². The maximum Gasteiger partial charge on any atom is 0.0812 e. The highest BCUT2D eigenvalue weighted by atomic mass is 15.3. The Balaban J connectivity index is 2.29. The third-order valence-electron chi connectivity index (χ3n) is 2.97. The van der Waals surface area contributed by atoms with E-state index < -0.39 is 0 Å². The van der Waals surface area contributed by atoms with Crippen molar-refractivity contribution in [1.29, 1.82) is 0 Å². The molecule has 0 N–H and O–H groups in total. The first-order valence-electron chi connectivity index (χ1n) is 5.00. The van der Waals surface area contributed by atoms with E-state index in [-0.39, 0.29) is 0 Å². The molecule has 1 nitrogen and oxygen atoms in total. The zero-order valence-corrected chi connectivity index (χ0v) is 8.27. The number of quaternary nitrogens is 1. The summed E-state index contributed by atoms with van der Waals surface area (Å²) in [6, 6.07) is 0. The van der Waals surface area contributed by atoms with E-state index in [0.29, 0.717) is 0 Å². The summed E-state index contributed by atoms with van der Waals surface area (Å²) < 4.78 is 1.34. The average molecular weight is 156 g/mol. The fourth-order valence-corrected chi connectivity index (χ4v) is 2.21.